The van der Waals surface area contributed by atoms with Gasteiger partial charge in [-0.2, -0.15) is 0 Å². The van der Waals surface area contributed by atoms with Crippen LogP contribution in [0.4, 0.5) is 0 Å². The molecule has 1 saturated heterocycles. The first-order valence-electron chi connectivity index (χ1n) is 12.5. The van der Waals surface area contributed by atoms with Gasteiger partial charge < -0.3 is 35.6 Å². The molecule has 3 atom stereocenters. The molecule has 6 N–H and O–H groups in total. The van der Waals surface area contributed by atoms with Crippen molar-refractivity contribution in [3.05, 3.63) is 34.6 Å². The summed E-state index contributed by atoms with van der Waals surface area (Å²) in [6, 6.07) is 3.05. The van der Waals surface area contributed by atoms with Crippen LogP contribution < -0.4 is 5.32 Å². The summed E-state index contributed by atoms with van der Waals surface area (Å²) in [5, 5.41) is 55.9. The summed E-state index contributed by atoms with van der Waals surface area (Å²) in [5.74, 6) is -0.506. The number of aliphatic hydroxyl groups excluding tert-OH is 2. The molecule has 35 heavy (non-hydrogen) atoms. The van der Waals surface area contributed by atoms with Crippen LogP contribution in [0.5, 0.6) is 11.5 Å². The van der Waals surface area contributed by atoms with Gasteiger partial charge in [-0.25, -0.2) is 0 Å². The smallest absolute Gasteiger partial charge is 0.250 e. The van der Waals surface area contributed by atoms with E-state index in [4.69, 9.17) is 9.84 Å². The Kier molecular flexibility index (Phi) is 7.33. The van der Waals surface area contributed by atoms with E-state index in [-0.39, 0.29) is 61.7 Å². The number of phenolic OH excluding ortho intramolecular Hbond substituents is 2. The van der Waals surface area contributed by atoms with Crippen molar-refractivity contribution >= 4 is 5.91 Å². The number of fused-ring (bicyclic) bond motifs is 4. The maximum Gasteiger partial charge on any atom is 0.250 e. The van der Waals surface area contributed by atoms with Gasteiger partial charge in [0.25, 0.3) is 0 Å². The number of hydrogen-bond acceptors (Lipinski definition) is 8. The minimum Gasteiger partial charge on any atom is -0.512 e. The van der Waals surface area contributed by atoms with Crippen LogP contribution in [0.1, 0.15) is 50.7 Å². The third-order valence-corrected chi connectivity index (χ3v) is 8.22. The van der Waals surface area contributed by atoms with E-state index in [9.17, 15) is 25.2 Å². The summed E-state index contributed by atoms with van der Waals surface area (Å²) in [5.41, 5.74) is -0.970. The molecule has 1 aromatic carbocycles. The maximum atomic E-state index is 12.6. The van der Waals surface area contributed by atoms with Gasteiger partial charge in [0.1, 0.15) is 5.76 Å². The van der Waals surface area contributed by atoms with Crippen molar-refractivity contribution in [1.82, 2.24) is 10.2 Å². The first kappa shape index (κ1) is 25.8. The Morgan fingerprint density at radius 1 is 1.26 bits per heavy atom. The van der Waals surface area contributed by atoms with E-state index in [1.54, 1.807) is 13.0 Å². The molecule has 2 bridgehead atoms. The van der Waals surface area contributed by atoms with Crippen LogP contribution in [0.25, 0.3) is 0 Å². The lowest BCUT2D eigenvalue weighted by Gasteiger charge is -2.60. The van der Waals surface area contributed by atoms with Crippen LogP contribution in [0.2, 0.25) is 0 Å². The lowest BCUT2D eigenvalue weighted by Crippen LogP contribution is -2.70. The number of hydrogen-bond donors (Lipinski definition) is 6. The molecule has 4 rings (SSSR count). The molecule has 9 nitrogen and oxygen atoms in total. The highest BCUT2D eigenvalue weighted by molar-refractivity contribution is 5.93. The molecule has 1 aliphatic heterocycles. The zero-order chi connectivity index (χ0) is 25.4. The Balaban J connectivity index is 1.65. The average Bonchev–Trinajstić information content (AvgIpc) is 3.63. The van der Waals surface area contributed by atoms with Crippen LogP contribution in [0.15, 0.2) is 23.5 Å². The SMILES string of the molecule is C/C(C(=O)NCCOCCO)=C(/O)C[C@]12CCN(CC3CC3)[C@H](Cc3ccc(O)c(O)c31)[C@@]2(C)O. The van der Waals surface area contributed by atoms with Crippen molar-refractivity contribution in [2.75, 3.05) is 39.5 Å². The van der Waals surface area contributed by atoms with Crippen molar-refractivity contribution in [2.45, 2.75) is 63.0 Å². The van der Waals surface area contributed by atoms with E-state index in [1.165, 1.54) is 25.8 Å². The molecule has 194 valence electrons. The molecular formula is C26H38N2O7. The standard InChI is InChI=1S/C26H38N2O7/c1-16(24(33)27-8-11-35-12-10-29)20(31)14-26-7-9-28(15-17-3-4-17)21(25(26,2)34)13-18-5-6-19(30)23(32)22(18)26/h5-6,17,21,29-32,34H,3-4,7-15H2,1-2H3,(H,27,33)/b20-16-/t21-,25-,26-/m1/s1. The quantitative estimate of drug-likeness (QED) is 0.125. The normalized spacial score (nSPS) is 28.9. The second-order valence-corrected chi connectivity index (χ2v) is 10.4. The summed E-state index contributed by atoms with van der Waals surface area (Å²) < 4.78 is 5.15. The molecule has 9 heteroatoms. The first-order valence-corrected chi connectivity index (χ1v) is 12.5. The maximum absolute atomic E-state index is 12.6. The Bertz CT molecular complexity index is 988. The van der Waals surface area contributed by atoms with Gasteiger partial charge in [-0.05, 0) is 63.6 Å². The number of ether oxygens (including phenoxy) is 1. The molecule has 0 radical (unpaired) electrons. The van der Waals surface area contributed by atoms with Crippen molar-refractivity contribution in [3.8, 4) is 11.5 Å². The fourth-order valence-corrected chi connectivity index (χ4v) is 5.95. The molecule has 1 aromatic rings. The second-order valence-electron chi connectivity index (χ2n) is 10.4. The minimum atomic E-state index is -1.32. The number of rotatable bonds is 10. The minimum absolute atomic E-state index is 0.0436. The molecule has 3 aliphatic rings. The summed E-state index contributed by atoms with van der Waals surface area (Å²) >= 11 is 0. The van der Waals surface area contributed by atoms with Crippen LogP contribution in [-0.4, -0.2) is 87.4 Å². The van der Waals surface area contributed by atoms with Gasteiger partial charge in [0, 0.05) is 36.5 Å². The number of nitrogens with zero attached hydrogens (tertiary/aromatic N) is 1. The highest BCUT2D eigenvalue weighted by Gasteiger charge is 2.62. The van der Waals surface area contributed by atoms with Gasteiger partial charge in [-0.3, -0.25) is 9.69 Å². The number of carbonyl (C=O) groups excluding carboxylic acids is 1. The highest BCUT2D eigenvalue weighted by Crippen LogP contribution is 2.58. The third kappa shape index (κ3) is 4.74. The fourth-order valence-electron chi connectivity index (χ4n) is 5.95. The molecule has 0 aromatic heterocycles. The molecule has 1 heterocycles. The van der Waals surface area contributed by atoms with Crippen LogP contribution in [0.3, 0.4) is 0 Å². The first-order chi connectivity index (χ1) is 16.6. The number of nitrogens with one attached hydrogen (secondary N) is 1. The van der Waals surface area contributed by atoms with E-state index >= 15 is 0 Å². The number of piperidine rings is 1. The van der Waals surface area contributed by atoms with Crippen LogP contribution >= 0.6 is 0 Å². The number of carbonyl (C=O) groups is 1. The van der Waals surface area contributed by atoms with Crippen LogP contribution in [-0.2, 0) is 21.4 Å². The third-order valence-electron chi connectivity index (χ3n) is 8.22. The molecule has 2 aliphatic carbocycles. The van der Waals surface area contributed by atoms with Crippen molar-refractivity contribution < 1.29 is 35.1 Å². The number of allylic oxidation sites excluding steroid dienone is 1. The zero-order valence-corrected chi connectivity index (χ0v) is 20.6. The Hall–Kier alpha value is -2.33. The summed E-state index contributed by atoms with van der Waals surface area (Å²) in [4.78, 5) is 15.0. The molecule has 2 fully saturated rings. The van der Waals surface area contributed by atoms with Gasteiger partial charge >= 0.3 is 0 Å². The second kappa shape index (κ2) is 9.97. The monoisotopic (exact) mass is 490 g/mol. The zero-order valence-electron chi connectivity index (χ0n) is 20.6. The number of aromatic hydroxyl groups is 2. The largest absolute Gasteiger partial charge is 0.512 e. The topological polar surface area (TPSA) is 143 Å². The molecule has 1 amide bonds. The van der Waals surface area contributed by atoms with Gasteiger partial charge in [0.05, 0.1) is 31.0 Å². The molecule has 0 spiro atoms. The fraction of sp³-hybridized carbons (Fsp3) is 0.654. The lowest BCUT2D eigenvalue weighted by atomic mass is 9.53. The predicted octanol–water partition coefficient (Wildman–Crippen LogP) is 1.47. The summed E-state index contributed by atoms with van der Waals surface area (Å²) in [7, 11) is 0. The van der Waals surface area contributed by atoms with Gasteiger partial charge in [-0.1, -0.05) is 6.07 Å². The predicted molar refractivity (Wildman–Crippen MR) is 129 cm³/mol. The molecule has 0 unspecified atom stereocenters. The summed E-state index contributed by atoms with van der Waals surface area (Å²) in [6.07, 6.45) is 3.34. The van der Waals surface area contributed by atoms with E-state index in [0.717, 1.165) is 12.1 Å². The van der Waals surface area contributed by atoms with Crippen molar-refractivity contribution in [1.29, 1.82) is 0 Å². The Morgan fingerprint density at radius 2 is 2.00 bits per heavy atom. The van der Waals surface area contributed by atoms with E-state index in [0.29, 0.717) is 30.9 Å². The van der Waals surface area contributed by atoms with Gasteiger partial charge in [0.15, 0.2) is 11.5 Å². The molecular weight excluding hydrogens is 452 g/mol. The number of aliphatic hydroxyl groups is 3. The van der Waals surface area contributed by atoms with E-state index in [1.807, 2.05) is 0 Å². The van der Waals surface area contributed by atoms with Crippen LogP contribution in [0, 0.1) is 5.92 Å². The Labute approximate surface area is 206 Å². The number of benzene rings is 1. The Morgan fingerprint density at radius 3 is 2.69 bits per heavy atom. The van der Waals surface area contributed by atoms with Crippen molar-refractivity contribution in [2.24, 2.45) is 5.92 Å². The van der Waals surface area contributed by atoms with Crippen molar-refractivity contribution in [3.63, 3.8) is 0 Å². The van der Waals surface area contributed by atoms with Gasteiger partial charge in [-0.15, -0.1) is 0 Å². The number of likely N-dealkylation sites (tertiary alicyclic amines) is 1. The number of phenols is 2. The summed E-state index contributed by atoms with van der Waals surface area (Å²) in [6.45, 7) is 5.42. The van der Waals surface area contributed by atoms with E-state index < -0.39 is 16.9 Å². The van der Waals surface area contributed by atoms with E-state index in [2.05, 4.69) is 10.2 Å². The van der Waals surface area contributed by atoms with Gasteiger partial charge in [0.2, 0.25) is 5.91 Å². The highest BCUT2D eigenvalue weighted by atomic mass is 16.5. The number of amides is 1. The molecule has 1 saturated carbocycles. The lowest BCUT2D eigenvalue weighted by molar-refractivity contribution is -0.138. The average molecular weight is 491 g/mol.